The fourth-order valence-electron chi connectivity index (χ4n) is 2.44. The van der Waals surface area contributed by atoms with Crippen LogP contribution in [0.4, 0.5) is 0 Å². The van der Waals surface area contributed by atoms with E-state index in [1.807, 2.05) is 0 Å². The van der Waals surface area contributed by atoms with Crippen LogP contribution in [0.1, 0.15) is 19.3 Å². The Balaban J connectivity index is 2.09. The number of carbonyl (C=O) groups excluding carboxylic acids is 1. The van der Waals surface area contributed by atoms with Crippen molar-refractivity contribution in [3.8, 4) is 0 Å². The van der Waals surface area contributed by atoms with E-state index in [0.29, 0.717) is 0 Å². The van der Waals surface area contributed by atoms with Crippen molar-refractivity contribution in [3.63, 3.8) is 0 Å². The fourth-order valence-corrected chi connectivity index (χ4v) is 2.44. The van der Waals surface area contributed by atoms with E-state index in [-0.39, 0.29) is 17.3 Å². The maximum absolute atomic E-state index is 11.4. The molecule has 1 aliphatic carbocycles. The normalized spacial score (nSPS) is 31.6. The summed E-state index contributed by atoms with van der Waals surface area (Å²) in [7, 11) is 1.48. The lowest BCUT2D eigenvalue weighted by Gasteiger charge is -2.41. The molecule has 1 heterocycles. The molecule has 1 saturated carbocycles. The summed E-state index contributed by atoms with van der Waals surface area (Å²) in [6.07, 6.45) is 3.66. The molecule has 1 spiro atoms. The van der Waals surface area contributed by atoms with Crippen molar-refractivity contribution < 1.29 is 9.53 Å². The second-order valence-electron chi connectivity index (χ2n) is 3.92. The molecular formula is C9H15NO2. The summed E-state index contributed by atoms with van der Waals surface area (Å²) in [4.78, 5) is 11.4. The monoisotopic (exact) mass is 169 g/mol. The Morgan fingerprint density at radius 3 is 2.83 bits per heavy atom. The number of rotatable bonds is 1. The number of ether oxygens (including phenoxy) is 1. The van der Waals surface area contributed by atoms with E-state index < -0.39 is 0 Å². The van der Waals surface area contributed by atoms with Crippen LogP contribution in [0.25, 0.3) is 0 Å². The predicted molar refractivity (Wildman–Crippen MR) is 44.7 cm³/mol. The maximum Gasteiger partial charge on any atom is 0.310 e. The highest BCUT2D eigenvalue weighted by atomic mass is 16.5. The second kappa shape index (κ2) is 2.73. The highest BCUT2D eigenvalue weighted by Crippen LogP contribution is 2.49. The van der Waals surface area contributed by atoms with Gasteiger partial charge >= 0.3 is 5.97 Å². The molecule has 1 atom stereocenters. The molecule has 0 bridgehead atoms. The minimum atomic E-state index is -0.0281. The maximum atomic E-state index is 11.4. The van der Waals surface area contributed by atoms with Gasteiger partial charge < -0.3 is 10.1 Å². The summed E-state index contributed by atoms with van der Waals surface area (Å²) in [5.74, 6) is 0.0935. The zero-order valence-corrected chi connectivity index (χ0v) is 7.43. The molecule has 68 valence electrons. The highest BCUT2D eigenvalue weighted by molar-refractivity contribution is 5.74. The molecule has 2 aliphatic rings. The molecule has 3 nitrogen and oxygen atoms in total. The van der Waals surface area contributed by atoms with Gasteiger partial charge in [0.15, 0.2) is 0 Å². The summed E-state index contributed by atoms with van der Waals surface area (Å²) in [5.41, 5.74) is 0.271. The fraction of sp³-hybridized carbons (Fsp3) is 0.889. The van der Waals surface area contributed by atoms with Gasteiger partial charge in [0.2, 0.25) is 0 Å². The zero-order chi connectivity index (χ0) is 8.60. The lowest BCUT2D eigenvalue weighted by molar-refractivity contribution is -0.150. The van der Waals surface area contributed by atoms with Gasteiger partial charge in [0.05, 0.1) is 13.0 Å². The Hall–Kier alpha value is -0.570. The van der Waals surface area contributed by atoms with E-state index in [1.54, 1.807) is 0 Å². The molecule has 1 aliphatic heterocycles. The first kappa shape index (κ1) is 8.05. The minimum absolute atomic E-state index is 0.0281. The van der Waals surface area contributed by atoms with Crippen molar-refractivity contribution in [1.29, 1.82) is 0 Å². The van der Waals surface area contributed by atoms with Gasteiger partial charge in [-0.15, -0.1) is 0 Å². The molecule has 1 saturated heterocycles. The number of hydrogen-bond donors (Lipinski definition) is 1. The Bertz CT molecular complexity index is 199. The molecule has 0 amide bonds. The zero-order valence-electron chi connectivity index (χ0n) is 7.43. The van der Waals surface area contributed by atoms with Gasteiger partial charge in [0, 0.05) is 13.1 Å². The van der Waals surface area contributed by atoms with Gasteiger partial charge in [0.1, 0.15) is 0 Å². The highest BCUT2D eigenvalue weighted by Gasteiger charge is 2.50. The molecule has 0 aromatic heterocycles. The van der Waals surface area contributed by atoms with Crippen molar-refractivity contribution in [2.24, 2.45) is 11.3 Å². The van der Waals surface area contributed by atoms with Crippen molar-refractivity contribution in [2.45, 2.75) is 19.3 Å². The molecule has 0 aromatic rings. The summed E-state index contributed by atoms with van der Waals surface area (Å²) >= 11 is 0. The van der Waals surface area contributed by atoms with E-state index in [2.05, 4.69) is 5.32 Å². The molecule has 2 fully saturated rings. The van der Waals surface area contributed by atoms with Crippen LogP contribution in [0.3, 0.4) is 0 Å². The largest absolute Gasteiger partial charge is 0.469 e. The van der Waals surface area contributed by atoms with Crippen LogP contribution in [0.2, 0.25) is 0 Å². The first-order valence-electron chi connectivity index (χ1n) is 4.57. The first-order chi connectivity index (χ1) is 5.78. The molecule has 2 rings (SSSR count). The molecular weight excluding hydrogens is 154 g/mol. The quantitative estimate of drug-likeness (QED) is 0.582. The van der Waals surface area contributed by atoms with Crippen molar-refractivity contribution in [1.82, 2.24) is 5.32 Å². The third kappa shape index (κ3) is 0.959. The van der Waals surface area contributed by atoms with E-state index in [0.717, 1.165) is 13.1 Å². The van der Waals surface area contributed by atoms with E-state index in [4.69, 9.17) is 4.74 Å². The van der Waals surface area contributed by atoms with E-state index in [9.17, 15) is 4.79 Å². The van der Waals surface area contributed by atoms with Gasteiger partial charge in [-0.05, 0) is 18.3 Å². The summed E-state index contributed by atoms with van der Waals surface area (Å²) in [6, 6.07) is 0. The van der Waals surface area contributed by atoms with E-state index in [1.165, 1.54) is 26.4 Å². The topological polar surface area (TPSA) is 38.3 Å². The van der Waals surface area contributed by atoms with Crippen molar-refractivity contribution in [3.05, 3.63) is 0 Å². The predicted octanol–water partition coefficient (Wildman–Crippen LogP) is 0.549. The number of methoxy groups -OCH3 is 1. The van der Waals surface area contributed by atoms with Gasteiger partial charge in [-0.2, -0.15) is 0 Å². The summed E-state index contributed by atoms with van der Waals surface area (Å²) < 4.78 is 4.79. The first-order valence-corrected chi connectivity index (χ1v) is 4.57. The number of hydrogen-bond acceptors (Lipinski definition) is 3. The Kier molecular flexibility index (Phi) is 1.83. The van der Waals surface area contributed by atoms with Gasteiger partial charge in [-0.3, -0.25) is 4.79 Å². The summed E-state index contributed by atoms with van der Waals surface area (Å²) in [6.45, 7) is 1.82. The number of nitrogens with one attached hydrogen (secondary N) is 1. The molecule has 0 unspecified atom stereocenters. The van der Waals surface area contributed by atoms with Crippen molar-refractivity contribution in [2.75, 3.05) is 20.2 Å². The van der Waals surface area contributed by atoms with Crippen LogP contribution in [0.15, 0.2) is 0 Å². The van der Waals surface area contributed by atoms with Crippen LogP contribution in [-0.2, 0) is 9.53 Å². The Labute approximate surface area is 72.5 Å². The smallest absolute Gasteiger partial charge is 0.310 e. The average molecular weight is 169 g/mol. The molecule has 3 heteroatoms. The molecule has 12 heavy (non-hydrogen) atoms. The number of carbonyl (C=O) groups is 1. The number of esters is 1. The average Bonchev–Trinajstić information content (AvgIpc) is 2.45. The molecule has 0 radical (unpaired) electrons. The lowest BCUT2D eigenvalue weighted by atomic mass is 9.63. The van der Waals surface area contributed by atoms with Crippen LogP contribution < -0.4 is 5.32 Å². The van der Waals surface area contributed by atoms with Gasteiger partial charge in [-0.25, -0.2) is 0 Å². The molecule has 1 N–H and O–H groups in total. The second-order valence-corrected chi connectivity index (χ2v) is 3.92. The van der Waals surface area contributed by atoms with Crippen molar-refractivity contribution >= 4 is 5.97 Å². The van der Waals surface area contributed by atoms with Crippen LogP contribution in [0, 0.1) is 11.3 Å². The van der Waals surface area contributed by atoms with Crippen LogP contribution in [0.5, 0.6) is 0 Å². The van der Waals surface area contributed by atoms with Gasteiger partial charge in [0.25, 0.3) is 0 Å². The Morgan fingerprint density at radius 1 is 1.58 bits per heavy atom. The standard InChI is InChI=1S/C9H15NO2/c1-12-8(11)7-5-10-6-9(7)3-2-4-9/h7,10H,2-6H2,1H3/t7-/m1/s1. The lowest BCUT2D eigenvalue weighted by Crippen LogP contribution is -2.41. The third-order valence-electron chi connectivity index (χ3n) is 3.40. The minimum Gasteiger partial charge on any atom is -0.469 e. The van der Waals surface area contributed by atoms with Crippen LogP contribution in [-0.4, -0.2) is 26.2 Å². The SMILES string of the molecule is COC(=O)[C@H]1CNCC12CCC2. The summed E-state index contributed by atoms with van der Waals surface area (Å²) in [5, 5.41) is 3.28. The third-order valence-corrected chi connectivity index (χ3v) is 3.40. The Morgan fingerprint density at radius 2 is 2.33 bits per heavy atom. The van der Waals surface area contributed by atoms with Crippen LogP contribution >= 0.6 is 0 Å². The molecule has 0 aromatic carbocycles. The van der Waals surface area contributed by atoms with Gasteiger partial charge in [-0.1, -0.05) is 6.42 Å². The van der Waals surface area contributed by atoms with E-state index >= 15 is 0 Å².